The highest BCUT2D eigenvalue weighted by molar-refractivity contribution is 6.46. The van der Waals surface area contributed by atoms with Gasteiger partial charge >= 0.3 is 0 Å². The zero-order chi connectivity index (χ0) is 23.4. The van der Waals surface area contributed by atoms with Gasteiger partial charge < -0.3 is 19.5 Å². The van der Waals surface area contributed by atoms with Crippen LogP contribution in [0.15, 0.2) is 48.3 Å². The molecule has 174 valence electrons. The second kappa shape index (κ2) is 10.1. The van der Waals surface area contributed by atoms with Crippen molar-refractivity contribution < 1.29 is 24.2 Å². The molecule has 33 heavy (non-hydrogen) atoms. The molecule has 0 saturated carbocycles. The van der Waals surface area contributed by atoms with Gasteiger partial charge in [0.15, 0.2) is 0 Å². The van der Waals surface area contributed by atoms with E-state index in [2.05, 4.69) is 9.88 Å². The molecule has 0 bridgehead atoms. The number of benzene rings is 1. The number of nitrogens with zero attached hydrogens (tertiary/aromatic N) is 3. The maximum Gasteiger partial charge on any atom is 0.295 e. The first kappa shape index (κ1) is 22.9. The number of methoxy groups -OCH3 is 1. The third kappa shape index (κ3) is 4.77. The number of ketones is 1. The van der Waals surface area contributed by atoms with Crippen molar-refractivity contribution in [1.29, 1.82) is 0 Å². The Hall–Kier alpha value is -3.23. The van der Waals surface area contributed by atoms with Crippen LogP contribution in [0.5, 0.6) is 5.75 Å². The highest BCUT2D eigenvalue weighted by atomic mass is 16.5. The Bertz CT molecular complexity index is 1050. The van der Waals surface area contributed by atoms with E-state index < -0.39 is 17.7 Å². The van der Waals surface area contributed by atoms with Crippen LogP contribution in [0.25, 0.3) is 5.76 Å². The summed E-state index contributed by atoms with van der Waals surface area (Å²) in [5.41, 5.74) is 2.13. The minimum Gasteiger partial charge on any atom is -0.507 e. The predicted molar refractivity (Wildman–Crippen MR) is 123 cm³/mol. The van der Waals surface area contributed by atoms with E-state index in [1.54, 1.807) is 54.7 Å². The molecule has 1 atom stereocenters. The maximum atomic E-state index is 13.1. The maximum absolute atomic E-state index is 13.1. The molecule has 3 heterocycles. The number of morpholine rings is 1. The SMILES string of the molecule is COc1ccc(/C(O)=C2\C(=O)C(=O)N(CCCN3CCOCC3)[C@H]2c2ccncc2)cc1C. The van der Waals surface area contributed by atoms with Gasteiger partial charge in [0.2, 0.25) is 0 Å². The summed E-state index contributed by atoms with van der Waals surface area (Å²) >= 11 is 0. The van der Waals surface area contributed by atoms with Crippen LogP contribution in [0, 0.1) is 6.92 Å². The Labute approximate surface area is 193 Å². The number of aromatic nitrogens is 1. The zero-order valence-electron chi connectivity index (χ0n) is 19.0. The number of rotatable bonds is 7. The second-order valence-electron chi connectivity index (χ2n) is 8.27. The summed E-state index contributed by atoms with van der Waals surface area (Å²) in [6.07, 6.45) is 3.97. The van der Waals surface area contributed by atoms with Crippen LogP contribution in [0.2, 0.25) is 0 Å². The van der Waals surface area contributed by atoms with E-state index in [1.165, 1.54) is 0 Å². The molecule has 1 amide bonds. The topological polar surface area (TPSA) is 92.2 Å². The van der Waals surface area contributed by atoms with Gasteiger partial charge in [0.05, 0.1) is 31.9 Å². The molecule has 0 aliphatic carbocycles. The zero-order valence-corrected chi connectivity index (χ0v) is 19.0. The minimum absolute atomic E-state index is 0.0992. The van der Waals surface area contributed by atoms with Gasteiger partial charge in [0.1, 0.15) is 11.5 Å². The molecule has 8 nitrogen and oxygen atoms in total. The summed E-state index contributed by atoms with van der Waals surface area (Å²) in [6, 6.07) is 8.07. The van der Waals surface area contributed by atoms with Crippen molar-refractivity contribution in [3.05, 3.63) is 65.0 Å². The molecule has 1 N–H and O–H groups in total. The average molecular weight is 452 g/mol. The number of aryl methyl sites for hydroxylation is 1. The third-order valence-electron chi connectivity index (χ3n) is 6.21. The van der Waals surface area contributed by atoms with Crippen molar-refractivity contribution in [2.24, 2.45) is 0 Å². The number of Topliss-reactive ketones (excluding diaryl/α,β-unsaturated/α-hetero) is 1. The fourth-order valence-corrected chi connectivity index (χ4v) is 4.47. The number of aliphatic hydroxyl groups excluding tert-OH is 1. The second-order valence-corrected chi connectivity index (χ2v) is 8.27. The quantitative estimate of drug-likeness (QED) is 0.393. The van der Waals surface area contributed by atoms with Crippen molar-refractivity contribution in [2.45, 2.75) is 19.4 Å². The smallest absolute Gasteiger partial charge is 0.295 e. The van der Waals surface area contributed by atoms with E-state index in [1.807, 2.05) is 6.92 Å². The molecular formula is C25H29N3O5. The molecule has 2 fully saturated rings. The highest BCUT2D eigenvalue weighted by Crippen LogP contribution is 2.39. The van der Waals surface area contributed by atoms with Crippen LogP contribution in [0.1, 0.15) is 29.2 Å². The molecule has 0 spiro atoms. The van der Waals surface area contributed by atoms with Gasteiger partial charge in [-0.2, -0.15) is 0 Å². The first-order valence-corrected chi connectivity index (χ1v) is 11.1. The lowest BCUT2D eigenvalue weighted by molar-refractivity contribution is -0.140. The van der Waals surface area contributed by atoms with Gasteiger partial charge in [-0.15, -0.1) is 0 Å². The molecule has 2 aromatic rings. The van der Waals surface area contributed by atoms with Crippen LogP contribution >= 0.6 is 0 Å². The van der Waals surface area contributed by atoms with E-state index in [0.717, 1.165) is 37.2 Å². The molecule has 2 aliphatic rings. The summed E-state index contributed by atoms with van der Waals surface area (Å²) in [4.78, 5) is 34.1. The van der Waals surface area contributed by atoms with Crippen LogP contribution in [-0.4, -0.2) is 78.1 Å². The van der Waals surface area contributed by atoms with Gasteiger partial charge in [0.25, 0.3) is 11.7 Å². The van der Waals surface area contributed by atoms with E-state index in [4.69, 9.17) is 9.47 Å². The van der Waals surface area contributed by atoms with E-state index in [0.29, 0.717) is 31.1 Å². The summed E-state index contributed by atoms with van der Waals surface area (Å²) in [7, 11) is 1.58. The number of pyridine rings is 1. The van der Waals surface area contributed by atoms with E-state index in [-0.39, 0.29) is 11.3 Å². The Morgan fingerprint density at radius 3 is 2.55 bits per heavy atom. The van der Waals surface area contributed by atoms with Crippen LogP contribution in [0.4, 0.5) is 0 Å². The third-order valence-corrected chi connectivity index (χ3v) is 6.21. The van der Waals surface area contributed by atoms with Crippen LogP contribution in [-0.2, 0) is 14.3 Å². The Balaban J connectivity index is 1.66. The van der Waals surface area contributed by atoms with Crippen molar-refractivity contribution in [2.75, 3.05) is 46.5 Å². The standard InChI is InChI=1S/C25H29N3O5/c1-17-16-19(4-5-20(17)32-2)23(29)21-22(18-6-8-26-9-7-18)28(25(31)24(21)30)11-3-10-27-12-14-33-15-13-27/h4-9,16,22,29H,3,10-15H2,1-2H3/b23-21+/t22-/m0/s1. The summed E-state index contributed by atoms with van der Waals surface area (Å²) in [5, 5.41) is 11.2. The number of hydrogen-bond acceptors (Lipinski definition) is 7. The normalized spacial score (nSPS) is 20.9. The monoisotopic (exact) mass is 451 g/mol. The number of aliphatic hydroxyl groups is 1. The number of carbonyl (C=O) groups is 2. The number of carbonyl (C=O) groups excluding carboxylic acids is 2. The predicted octanol–water partition coefficient (Wildman–Crippen LogP) is 2.54. The number of ether oxygens (including phenoxy) is 2. The Morgan fingerprint density at radius 2 is 1.88 bits per heavy atom. The van der Waals surface area contributed by atoms with Crippen LogP contribution in [0.3, 0.4) is 0 Å². The number of likely N-dealkylation sites (tertiary alicyclic amines) is 1. The van der Waals surface area contributed by atoms with Crippen LogP contribution < -0.4 is 4.74 Å². The summed E-state index contributed by atoms with van der Waals surface area (Å²) < 4.78 is 10.7. The van der Waals surface area contributed by atoms with Gasteiger partial charge in [-0.25, -0.2) is 0 Å². The minimum atomic E-state index is -0.672. The van der Waals surface area contributed by atoms with Gasteiger partial charge in [0, 0.05) is 44.1 Å². The molecular weight excluding hydrogens is 422 g/mol. The van der Waals surface area contributed by atoms with Crippen molar-refractivity contribution in [3.63, 3.8) is 0 Å². The number of amides is 1. The summed E-state index contributed by atoms with van der Waals surface area (Å²) in [5.74, 6) is -0.767. The van der Waals surface area contributed by atoms with Crippen molar-refractivity contribution >= 4 is 17.4 Å². The Morgan fingerprint density at radius 1 is 1.15 bits per heavy atom. The van der Waals surface area contributed by atoms with Crippen molar-refractivity contribution in [1.82, 2.24) is 14.8 Å². The first-order valence-electron chi connectivity index (χ1n) is 11.1. The number of hydrogen-bond donors (Lipinski definition) is 1. The molecule has 0 radical (unpaired) electrons. The largest absolute Gasteiger partial charge is 0.507 e. The highest BCUT2D eigenvalue weighted by Gasteiger charge is 2.45. The van der Waals surface area contributed by atoms with Gasteiger partial charge in [-0.3, -0.25) is 19.5 Å². The molecule has 2 aliphatic heterocycles. The van der Waals surface area contributed by atoms with Gasteiger partial charge in [-0.1, -0.05) is 0 Å². The van der Waals surface area contributed by atoms with E-state index >= 15 is 0 Å². The molecule has 1 aromatic heterocycles. The molecule has 1 aromatic carbocycles. The van der Waals surface area contributed by atoms with E-state index in [9.17, 15) is 14.7 Å². The fourth-order valence-electron chi connectivity index (χ4n) is 4.47. The lowest BCUT2D eigenvalue weighted by Crippen LogP contribution is -2.38. The molecule has 0 unspecified atom stereocenters. The molecule has 4 rings (SSSR count). The fraction of sp³-hybridized carbons (Fsp3) is 0.400. The lowest BCUT2D eigenvalue weighted by atomic mass is 9.95. The van der Waals surface area contributed by atoms with Crippen molar-refractivity contribution in [3.8, 4) is 5.75 Å². The molecule has 8 heteroatoms. The molecule has 2 saturated heterocycles. The average Bonchev–Trinajstić information content (AvgIpc) is 3.10. The Kier molecular flexibility index (Phi) is 7.05. The summed E-state index contributed by atoms with van der Waals surface area (Å²) in [6.45, 7) is 6.24. The van der Waals surface area contributed by atoms with Gasteiger partial charge in [-0.05, 0) is 54.8 Å². The lowest BCUT2D eigenvalue weighted by Gasteiger charge is -2.29. The first-order chi connectivity index (χ1) is 16.0.